The van der Waals surface area contributed by atoms with Gasteiger partial charge in [0.05, 0.1) is 23.7 Å². The standard InChI is InChI=1S/C25H25Cl2N5O2S/c1-4-32-29-25(28-30-32)16-31(35(33,34)22-12-17(2)11-18(3)13-22)24-10-9-21(26)15-20(24)14-19-7-5-6-8-23(19)27/h5-13,15H,4,14,16H2,1-3H3. The van der Waals surface area contributed by atoms with E-state index in [-0.39, 0.29) is 11.4 Å². The Morgan fingerprint density at radius 1 is 0.943 bits per heavy atom. The molecule has 35 heavy (non-hydrogen) atoms. The van der Waals surface area contributed by atoms with E-state index >= 15 is 0 Å². The number of aryl methyl sites for hydroxylation is 3. The molecule has 0 amide bonds. The number of hydrogen-bond acceptors (Lipinski definition) is 5. The highest BCUT2D eigenvalue weighted by atomic mass is 35.5. The van der Waals surface area contributed by atoms with E-state index in [4.69, 9.17) is 23.2 Å². The Kier molecular flexibility index (Phi) is 7.44. The first-order valence-corrected chi connectivity index (χ1v) is 13.3. The number of halogens is 2. The molecule has 0 N–H and O–H groups in total. The van der Waals surface area contributed by atoms with Gasteiger partial charge in [-0.1, -0.05) is 47.5 Å². The van der Waals surface area contributed by atoms with Gasteiger partial charge in [0.1, 0.15) is 0 Å². The van der Waals surface area contributed by atoms with Gasteiger partial charge in [-0.15, -0.1) is 10.2 Å². The fourth-order valence-corrected chi connectivity index (χ4v) is 5.94. The molecular weight excluding hydrogens is 505 g/mol. The Balaban J connectivity index is 1.87. The van der Waals surface area contributed by atoms with Gasteiger partial charge in [-0.3, -0.25) is 4.31 Å². The lowest BCUT2D eigenvalue weighted by Gasteiger charge is -2.26. The van der Waals surface area contributed by atoms with E-state index in [1.807, 2.05) is 45.0 Å². The Labute approximate surface area is 215 Å². The van der Waals surface area contributed by atoms with Crippen molar-refractivity contribution in [3.63, 3.8) is 0 Å². The van der Waals surface area contributed by atoms with Crippen LogP contribution in [0.2, 0.25) is 10.0 Å². The molecular formula is C25H25Cl2N5O2S. The lowest BCUT2D eigenvalue weighted by Crippen LogP contribution is -2.32. The molecule has 0 unspecified atom stereocenters. The molecule has 10 heteroatoms. The predicted octanol–water partition coefficient (Wildman–Crippen LogP) is 5.60. The summed E-state index contributed by atoms with van der Waals surface area (Å²) in [6.07, 6.45) is 0.392. The molecule has 0 aliphatic carbocycles. The Bertz CT molecular complexity index is 1450. The van der Waals surface area contributed by atoms with Crippen LogP contribution in [-0.4, -0.2) is 28.6 Å². The van der Waals surface area contributed by atoms with Crippen molar-refractivity contribution < 1.29 is 8.42 Å². The second-order valence-electron chi connectivity index (χ2n) is 8.27. The Morgan fingerprint density at radius 3 is 2.31 bits per heavy atom. The van der Waals surface area contributed by atoms with Crippen LogP contribution in [0.1, 0.15) is 35.0 Å². The van der Waals surface area contributed by atoms with Crippen molar-refractivity contribution >= 4 is 38.9 Å². The average molecular weight is 530 g/mol. The molecule has 4 rings (SSSR count). The van der Waals surface area contributed by atoms with Crippen LogP contribution in [-0.2, 0) is 29.5 Å². The highest BCUT2D eigenvalue weighted by Gasteiger charge is 2.29. The maximum Gasteiger partial charge on any atom is 0.264 e. The predicted molar refractivity (Wildman–Crippen MR) is 138 cm³/mol. The summed E-state index contributed by atoms with van der Waals surface area (Å²) in [7, 11) is -3.99. The number of aromatic nitrogens is 4. The molecule has 0 aliphatic rings. The first kappa shape index (κ1) is 25.2. The maximum absolute atomic E-state index is 14.1. The fraction of sp³-hybridized carbons (Fsp3) is 0.240. The van der Waals surface area contributed by atoms with Crippen molar-refractivity contribution in [2.75, 3.05) is 4.31 Å². The zero-order valence-electron chi connectivity index (χ0n) is 19.6. The van der Waals surface area contributed by atoms with Gasteiger partial charge in [0, 0.05) is 16.5 Å². The van der Waals surface area contributed by atoms with E-state index in [0.29, 0.717) is 40.1 Å². The van der Waals surface area contributed by atoms with E-state index in [0.717, 1.165) is 16.7 Å². The van der Waals surface area contributed by atoms with Crippen molar-refractivity contribution in [1.29, 1.82) is 0 Å². The zero-order chi connectivity index (χ0) is 25.2. The van der Waals surface area contributed by atoms with Crippen LogP contribution in [0.5, 0.6) is 0 Å². The Hall–Kier alpha value is -2.94. The molecule has 7 nitrogen and oxygen atoms in total. The second-order valence-corrected chi connectivity index (χ2v) is 11.0. The summed E-state index contributed by atoms with van der Waals surface area (Å²) in [6, 6.07) is 17.9. The summed E-state index contributed by atoms with van der Waals surface area (Å²) in [6.45, 7) is 6.06. The monoisotopic (exact) mass is 529 g/mol. The minimum atomic E-state index is -3.99. The van der Waals surface area contributed by atoms with Crippen LogP contribution in [0.3, 0.4) is 0 Å². The molecule has 0 fully saturated rings. The highest BCUT2D eigenvalue weighted by molar-refractivity contribution is 7.92. The Morgan fingerprint density at radius 2 is 1.66 bits per heavy atom. The topological polar surface area (TPSA) is 81.0 Å². The minimum absolute atomic E-state index is 0.0908. The third-order valence-electron chi connectivity index (χ3n) is 5.49. The van der Waals surface area contributed by atoms with E-state index in [1.165, 1.54) is 9.10 Å². The first-order chi connectivity index (χ1) is 16.7. The van der Waals surface area contributed by atoms with Gasteiger partial charge in [0.25, 0.3) is 10.0 Å². The number of hydrogen-bond donors (Lipinski definition) is 0. The van der Waals surface area contributed by atoms with Gasteiger partial charge in [0.15, 0.2) is 5.82 Å². The van der Waals surface area contributed by atoms with Crippen LogP contribution in [0.25, 0.3) is 0 Å². The summed E-state index contributed by atoms with van der Waals surface area (Å²) < 4.78 is 29.4. The van der Waals surface area contributed by atoms with Crippen molar-refractivity contribution in [2.24, 2.45) is 0 Å². The van der Waals surface area contributed by atoms with Crippen LogP contribution in [0.4, 0.5) is 5.69 Å². The number of rotatable bonds is 8. The smallest absolute Gasteiger partial charge is 0.258 e. The maximum atomic E-state index is 14.1. The number of nitrogens with zero attached hydrogens (tertiary/aromatic N) is 5. The molecule has 0 saturated carbocycles. The fourth-order valence-electron chi connectivity index (χ4n) is 3.90. The van der Waals surface area contributed by atoms with Gasteiger partial charge < -0.3 is 0 Å². The molecule has 0 atom stereocenters. The van der Waals surface area contributed by atoms with E-state index in [1.54, 1.807) is 36.4 Å². The van der Waals surface area contributed by atoms with Gasteiger partial charge in [-0.2, -0.15) is 4.80 Å². The number of sulfonamides is 1. The van der Waals surface area contributed by atoms with Gasteiger partial charge in [0.2, 0.25) is 0 Å². The third-order valence-corrected chi connectivity index (χ3v) is 7.84. The average Bonchev–Trinajstić information content (AvgIpc) is 3.27. The summed E-state index contributed by atoms with van der Waals surface area (Å²) in [5.74, 6) is 0.290. The molecule has 0 spiro atoms. The lowest BCUT2D eigenvalue weighted by molar-refractivity contribution is 0.550. The quantitative estimate of drug-likeness (QED) is 0.296. The van der Waals surface area contributed by atoms with E-state index in [9.17, 15) is 8.42 Å². The SMILES string of the molecule is CCn1nnc(CN(c2ccc(Cl)cc2Cc2ccccc2Cl)S(=O)(=O)c2cc(C)cc(C)c2)n1. The van der Waals surface area contributed by atoms with Gasteiger partial charge in [-0.05, 0) is 84.6 Å². The molecule has 4 aromatic rings. The summed E-state index contributed by atoms with van der Waals surface area (Å²) in [5.41, 5.74) is 3.75. The number of tetrazole rings is 1. The summed E-state index contributed by atoms with van der Waals surface area (Å²) in [4.78, 5) is 1.61. The molecule has 1 aromatic heterocycles. The molecule has 0 bridgehead atoms. The molecule has 0 saturated heterocycles. The second kappa shape index (κ2) is 10.4. The van der Waals surface area contributed by atoms with Gasteiger partial charge >= 0.3 is 0 Å². The van der Waals surface area contributed by atoms with Crippen molar-refractivity contribution in [1.82, 2.24) is 20.2 Å². The number of benzene rings is 3. The van der Waals surface area contributed by atoms with Crippen LogP contribution in [0, 0.1) is 13.8 Å². The molecule has 182 valence electrons. The summed E-state index contributed by atoms with van der Waals surface area (Å²) in [5, 5.41) is 13.5. The van der Waals surface area contributed by atoms with Gasteiger partial charge in [-0.25, -0.2) is 8.42 Å². The van der Waals surface area contributed by atoms with Crippen LogP contribution < -0.4 is 4.31 Å². The van der Waals surface area contributed by atoms with Crippen molar-refractivity contribution in [3.8, 4) is 0 Å². The van der Waals surface area contributed by atoms with E-state index < -0.39 is 10.0 Å². The highest BCUT2D eigenvalue weighted by Crippen LogP contribution is 2.33. The molecule has 0 radical (unpaired) electrons. The van der Waals surface area contributed by atoms with E-state index in [2.05, 4.69) is 15.4 Å². The van der Waals surface area contributed by atoms with Crippen LogP contribution in [0.15, 0.2) is 65.6 Å². The lowest BCUT2D eigenvalue weighted by atomic mass is 10.0. The largest absolute Gasteiger partial charge is 0.264 e. The van der Waals surface area contributed by atoms with Crippen LogP contribution >= 0.6 is 23.2 Å². The minimum Gasteiger partial charge on any atom is -0.258 e. The van der Waals surface area contributed by atoms with Crippen molar-refractivity contribution in [3.05, 3.63) is 98.8 Å². The zero-order valence-corrected chi connectivity index (χ0v) is 21.9. The molecule has 0 aliphatic heterocycles. The first-order valence-electron chi connectivity index (χ1n) is 11.1. The normalized spacial score (nSPS) is 11.6. The number of anilines is 1. The molecule has 1 heterocycles. The molecule has 3 aromatic carbocycles. The van der Waals surface area contributed by atoms with Crippen molar-refractivity contribution in [2.45, 2.75) is 45.2 Å². The summed E-state index contributed by atoms with van der Waals surface area (Å²) >= 11 is 12.8. The third kappa shape index (κ3) is 5.66.